The number of benzene rings is 2. The van der Waals surface area contributed by atoms with Crippen LogP contribution in [0.25, 0.3) is 21.7 Å². The average Bonchev–Trinajstić information content (AvgIpc) is 2.50. The molecular formula is C16H9F3O5. The molecule has 0 fully saturated rings. The molecule has 0 spiro atoms. The molecule has 2 aromatic carbocycles. The zero-order chi connectivity index (χ0) is 17.5. The van der Waals surface area contributed by atoms with Crippen molar-refractivity contribution in [3.8, 4) is 5.75 Å². The number of aliphatic carboxylic acids is 1. The fourth-order valence-corrected chi connectivity index (χ4v) is 2.43. The van der Waals surface area contributed by atoms with Crippen molar-refractivity contribution >= 4 is 27.7 Å². The molecule has 0 unspecified atom stereocenters. The number of halogens is 3. The van der Waals surface area contributed by atoms with Gasteiger partial charge in [-0.25, -0.2) is 9.59 Å². The number of carbonyl (C=O) groups is 1. The highest BCUT2D eigenvalue weighted by Crippen LogP contribution is 2.38. The molecule has 1 aromatic heterocycles. The Morgan fingerprint density at radius 2 is 1.88 bits per heavy atom. The molecule has 0 atom stereocenters. The van der Waals surface area contributed by atoms with Gasteiger partial charge in [-0.05, 0) is 29.0 Å². The third kappa shape index (κ3) is 2.90. The number of ether oxygens (including phenoxy) is 1. The lowest BCUT2D eigenvalue weighted by Gasteiger charge is -2.12. The molecular weight excluding hydrogens is 329 g/mol. The number of alkyl halides is 3. The molecule has 0 aliphatic rings. The second-order valence-corrected chi connectivity index (χ2v) is 4.98. The van der Waals surface area contributed by atoms with E-state index in [2.05, 4.69) is 0 Å². The van der Waals surface area contributed by atoms with Gasteiger partial charge >= 0.3 is 17.8 Å². The van der Waals surface area contributed by atoms with Gasteiger partial charge in [0.05, 0.1) is 5.56 Å². The molecule has 0 aliphatic carbocycles. The van der Waals surface area contributed by atoms with Crippen LogP contribution < -0.4 is 10.4 Å². The van der Waals surface area contributed by atoms with Crippen LogP contribution >= 0.6 is 0 Å². The smallest absolute Gasteiger partial charge is 0.417 e. The van der Waals surface area contributed by atoms with Crippen LogP contribution in [0.1, 0.15) is 5.56 Å². The van der Waals surface area contributed by atoms with E-state index in [1.165, 1.54) is 30.3 Å². The molecule has 8 heteroatoms. The van der Waals surface area contributed by atoms with E-state index in [0.717, 1.165) is 0 Å². The first-order chi connectivity index (χ1) is 11.3. The van der Waals surface area contributed by atoms with Crippen molar-refractivity contribution < 1.29 is 32.2 Å². The molecule has 1 N–H and O–H groups in total. The largest absolute Gasteiger partial charge is 0.482 e. The molecule has 0 saturated heterocycles. The summed E-state index contributed by atoms with van der Waals surface area (Å²) in [5, 5.41) is 8.95. The highest BCUT2D eigenvalue weighted by molar-refractivity contribution is 6.07. The van der Waals surface area contributed by atoms with Crippen molar-refractivity contribution in [2.24, 2.45) is 0 Å². The number of hydrogen-bond donors (Lipinski definition) is 1. The summed E-state index contributed by atoms with van der Waals surface area (Å²) in [5.74, 6) is -1.12. The molecule has 0 amide bonds. The summed E-state index contributed by atoms with van der Waals surface area (Å²) in [5.41, 5.74) is -2.43. The van der Waals surface area contributed by atoms with Crippen LogP contribution in [0, 0.1) is 0 Å². The van der Waals surface area contributed by atoms with Gasteiger partial charge in [0, 0.05) is 11.5 Å². The van der Waals surface area contributed by atoms with Crippen molar-refractivity contribution in [1.29, 1.82) is 0 Å². The van der Waals surface area contributed by atoms with Crippen molar-refractivity contribution in [1.82, 2.24) is 0 Å². The van der Waals surface area contributed by atoms with Crippen LogP contribution in [0.3, 0.4) is 0 Å². The SMILES string of the molecule is O=C(O)COc1ccc2ccc3oc(=O)cc(C(F)(F)F)c3c2c1. The summed E-state index contributed by atoms with van der Waals surface area (Å²) in [4.78, 5) is 21.9. The Hall–Kier alpha value is -3.03. The maximum Gasteiger partial charge on any atom is 0.417 e. The summed E-state index contributed by atoms with van der Waals surface area (Å²) < 4.78 is 49.7. The van der Waals surface area contributed by atoms with Crippen LogP contribution in [-0.2, 0) is 11.0 Å². The second kappa shape index (κ2) is 5.55. The Morgan fingerprint density at radius 1 is 1.17 bits per heavy atom. The highest BCUT2D eigenvalue weighted by Gasteiger charge is 2.34. The van der Waals surface area contributed by atoms with Crippen LogP contribution in [0.5, 0.6) is 5.75 Å². The first-order valence-electron chi connectivity index (χ1n) is 6.68. The van der Waals surface area contributed by atoms with Crippen molar-refractivity contribution in [3.63, 3.8) is 0 Å². The lowest BCUT2D eigenvalue weighted by molar-refractivity contribution is -0.139. The minimum Gasteiger partial charge on any atom is -0.482 e. The summed E-state index contributed by atoms with van der Waals surface area (Å²) in [7, 11) is 0. The minimum atomic E-state index is -4.75. The zero-order valence-corrected chi connectivity index (χ0v) is 11.9. The predicted octanol–water partition coefficient (Wildman–Crippen LogP) is 3.43. The quantitative estimate of drug-likeness (QED) is 0.585. The van der Waals surface area contributed by atoms with E-state index in [4.69, 9.17) is 14.3 Å². The van der Waals surface area contributed by atoms with Gasteiger partial charge < -0.3 is 14.3 Å². The normalized spacial score (nSPS) is 11.8. The fourth-order valence-electron chi connectivity index (χ4n) is 2.43. The first kappa shape index (κ1) is 15.9. The molecule has 124 valence electrons. The average molecular weight is 338 g/mol. The fraction of sp³-hybridized carbons (Fsp3) is 0.125. The third-order valence-electron chi connectivity index (χ3n) is 3.36. The summed E-state index contributed by atoms with van der Waals surface area (Å²) in [6.45, 7) is -0.627. The molecule has 0 radical (unpaired) electrons. The van der Waals surface area contributed by atoms with E-state index >= 15 is 0 Å². The van der Waals surface area contributed by atoms with Crippen molar-refractivity contribution in [2.45, 2.75) is 6.18 Å². The highest BCUT2D eigenvalue weighted by atomic mass is 19.4. The summed E-state index contributed by atoms with van der Waals surface area (Å²) in [6, 6.07) is 7.41. The zero-order valence-electron chi connectivity index (χ0n) is 11.9. The second-order valence-electron chi connectivity index (χ2n) is 4.98. The van der Waals surface area contributed by atoms with Crippen LogP contribution in [0.2, 0.25) is 0 Å². The first-order valence-corrected chi connectivity index (χ1v) is 6.68. The number of rotatable bonds is 3. The summed E-state index contributed by atoms with van der Waals surface area (Å²) >= 11 is 0. The molecule has 0 aliphatic heterocycles. The summed E-state index contributed by atoms with van der Waals surface area (Å²) in [6.07, 6.45) is -4.75. The van der Waals surface area contributed by atoms with E-state index < -0.39 is 29.9 Å². The maximum atomic E-state index is 13.3. The number of fused-ring (bicyclic) bond motifs is 3. The maximum absolute atomic E-state index is 13.3. The van der Waals surface area contributed by atoms with Gasteiger partial charge in [0.2, 0.25) is 0 Å². The van der Waals surface area contributed by atoms with Crippen LogP contribution in [-0.4, -0.2) is 17.7 Å². The molecule has 0 bridgehead atoms. The van der Waals surface area contributed by atoms with Gasteiger partial charge in [-0.1, -0.05) is 12.1 Å². The van der Waals surface area contributed by atoms with Crippen LogP contribution in [0.15, 0.2) is 45.6 Å². The van der Waals surface area contributed by atoms with Crippen molar-refractivity contribution in [3.05, 3.63) is 52.4 Å². The van der Waals surface area contributed by atoms with Crippen molar-refractivity contribution in [2.75, 3.05) is 6.61 Å². The van der Waals surface area contributed by atoms with Gasteiger partial charge in [-0.15, -0.1) is 0 Å². The third-order valence-corrected chi connectivity index (χ3v) is 3.36. The van der Waals surface area contributed by atoms with Gasteiger partial charge in [0.1, 0.15) is 11.3 Å². The minimum absolute atomic E-state index is 0.0942. The van der Waals surface area contributed by atoms with E-state index in [9.17, 15) is 22.8 Å². The van der Waals surface area contributed by atoms with Gasteiger partial charge in [0.25, 0.3) is 0 Å². The lowest BCUT2D eigenvalue weighted by atomic mass is 10.0. The van der Waals surface area contributed by atoms with E-state index in [1.807, 2.05) is 0 Å². The molecule has 24 heavy (non-hydrogen) atoms. The Balaban J connectivity index is 2.33. The molecule has 3 aromatic rings. The number of carboxylic acid groups (broad SMARTS) is 1. The lowest BCUT2D eigenvalue weighted by Crippen LogP contribution is -2.11. The standard InChI is InChI=1S/C16H9F3O5/c17-16(18,19)11-6-14(22)24-12-4-2-8-1-3-9(23-7-13(20)21)5-10(8)15(11)12/h1-6H,7H2,(H,20,21). The van der Waals surface area contributed by atoms with E-state index in [0.29, 0.717) is 11.5 Å². The number of hydrogen-bond acceptors (Lipinski definition) is 4. The molecule has 3 rings (SSSR count). The Bertz CT molecular complexity index is 1000. The van der Waals surface area contributed by atoms with E-state index in [-0.39, 0.29) is 22.1 Å². The Kier molecular flexibility index (Phi) is 3.67. The van der Waals surface area contributed by atoms with Gasteiger partial charge in [-0.3, -0.25) is 0 Å². The predicted molar refractivity (Wildman–Crippen MR) is 78.1 cm³/mol. The topological polar surface area (TPSA) is 76.7 Å². The van der Waals surface area contributed by atoms with Gasteiger partial charge in [-0.2, -0.15) is 13.2 Å². The Labute approximate surface area is 131 Å². The molecule has 5 nitrogen and oxygen atoms in total. The monoisotopic (exact) mass is 338 g/mol. The molecule has 1 heterocycles. The molecule has 0 saturated carbocycles. The van der Waals surface area contributed by atoms with E-state index in [1.54, 1.807) is 0 Å². The van der Waals surface area contributed by atoms with Gasteiger partial charge in [0.15, 0.2) is 6.61 Å². The Morgan fingerprint density at radius 3 is 2.54 bits per heavy atom. The van der Waals surface area contributed by atoms with Crippen LogP contribution in [0.4, 0.5) is 13.2 Å². The number of carboxylic acids is 1.